The maximum Gasteiger partial charge on any atom is 0.341 e. The molecular formula is C18H21NO5. The average molecular weight is 331 g/mol. The number of hydrogen-bond donors (Lipinski definition) is 1. The van der Waals surface area contributed by atoms with Gasteiger partial charge < -0.3 is 19.2 Å². The minimum absolute atomic E-state index is 0.164. The number of amides is 1. The van der Waals surface area contributed by atoms with Crippen molar-refractivity contribution in [2.24, 2.45) is 0 Å². The summed E-state index contributed by atoms with van der Waals surface area (Å²) in [6.45, 7) is 5.38. The Labute approximate surface area is 140 Å². The van der Waals surface area contributed by atoms with Gasteiger partial charge in [0.05, 0.1) is 5.56 Å². The lowest BCUT2D eigenvalue weighted by Gasteiger charge is -2.17. The minimum atomic E-state index is -1.04. The van der Waals surface area contributed by atoms with E-state index in [1.807, 2.05) is 13.8 Å². The number of carboxylic acid groups (broad SMARTS) is 1. The Balaban J connectivity index is 2.14. The maximum atomic E-state index is 12.7. The Morgan fingerprint density at radius 1 is 1.25 bits per heavy atom. The molecule has 1 N–H and O–H groups in total. The molecule has 0 aliphatic carbocycles. The van der Waals surface area contributed by atoms with Crippen molar-refractivity contribution in [2.75, 3.05) is 18.6 Å². The highest BCUT2D eigenvalue weighted by Crippen LogP contribution is 2.25. The molecule has 0 fully saturated rings. The first kappa shape index (κ1) is 17.6. The van der Waals surface area contributed by atoms with E-state index in [1.165, 1.54) is 4.90 Å². The first-order valence-electron chi connectivity index (χ1n) is 7.62. The summed E-state index contributed by atoms with van der Waals surface area (Å²) in [5, 5.41) is 8.60. The number of carbonyl (C=O) groups is 2. The lowest BCUT2D eigenvalue weighted by Crippen LogP contribution is -2.26. The van der Waals surface area contributed by atoms with E-state index < -0.39 is 12.6 Å². The van der Waals surface area contributed by atoms with E-state index in [2.05, 4.69) is 0 Å². The van der Waals surface area contributed by atoms with E-state index in [-0.39, 0.29) is 11.8 Å². The zero-order valence-electron chi connectivity index (χ0n) is 14.2. The molecule has 6 nitrogen and oxygen atoms in total. The fourth-order valence-electron chi connectivity index (χ4n) is 2.21. The molecule has 0 saturated heterocycles. The third kappa shape index (κ3) is 3.95. The van der Waals surface area contributed by atoms with Gasteiger partial charge in [-0.15, -0.1) is 0 Å². The predicted molar refractivity (Wildman–Crippen MR) is 89.8 cm³/mol. The van der Waals surface area contributed by atoms with Crippen molar-refractivity contribution in [3.8, 4) is 5.75 Å². The molecule has 2 aromatic rings. The van der Waals surface area contributed by atoms with Gasteiger partial charge in [0.25, 0.3) is 5.91 Å². The molecule has 1 heterocycles. The summed E-state index contributed by atoms with van der Waals surface area (Å²) >= 11 is 0. The van der Waals surface area contributed by atoms with Crippen LogP contribution in [0.1, 0.15) is 41.6 Å². The predicted octanol–water partition coefficient (Wildman–Crippen LogP) is 3.45. The van der Waals surface area contributed by atoms with Gasteiger partial charge in [-0.1, -0.05) is 13.8 Å². The fraction of sp³-hybridized carbons (Fsp3) is 0.333. The van der Waals surface area contributed by atoms with Gasteiger partial charge in [-0.3, -0.25) is 4.79 Å². The van der Waals surface area contributed by atoms with Crippen LogP contribution in [0.25, 0.3) is 0 Å². The number of aliphatic carboxylic acids is 1. The highest BCUT2D eigenvalue weighted by Gasteiger charge is 2.20. The van der Waals surface area contributed by atoms with E-state index >= 15 is 0 Å². The van der Waals surface area contributed by atoms with Crippen LogP contribution in [0, 0.1) is 6.92 Å². The molecule has 0 atom stereocenters. The molecular weight excluding hydrogens is 310 g/mol. The second-order valence-electron chi connectivity index (χ2n) is 5.81. The van der Waals surface area contributed by atoms with Gasteiger partial charge in [0.2, 0.25) is 0 Å². The van der Waals surface area contributed by atoms with Crippen molar-refractivity contribution < 1.29 is 23.8 Å². The summed E-state index contributed by atoms with van der Waals surface area (Å²) < 4.78 is 10.7. The quantitative estimate of drug-likeness (QED) is 0.877. The molecule has 2 rings (SSSR count). The third-order valence-corrected chi connectivity index (χ3v) is 3.63. The van der Waals surface area contributed by atoms with Gasteiger partial charge in [-0.25, -0.2) is 4.79 Å². The number of hydrogen-bond acceptors (Lipinski definition) is 4. The lowest BCUT2D eigenvalue weighted by molar-refractivity contribution is -0.139. The van der Waals surface area contributed by atoms with Gasteiger partial charge in [0, 0.05) is 18.7 Å². The molecule has 24 heavy (non-hydrogen) atoms. The summed E-state index contributed by atoms with van der Waals surface area (Å²) in [7, 11) is 1.68. The van der Waals surface area contributed by atoms with Crippen LogP contribution in [-0.4, -0.2) is 30.6 Å². The van der Waals surface area contributed by atoms with E-state index in [4.69, 9.17) is 14.3 Å². The summed E-state index contributed by atoms with van der Waals surface area (Å²) in [6, 6.07) is 8.44. The molecule has 0 spiro atoms. The summed E-state index contributed by atoms with van der Waals surface area (Å²) in [4.78, 5) is 24.7. The number of carboxylic acids is 1. The van der Waals surface area contributed by atoms with Crippen LogP contribution >= 0.6 is 0 Å². The zero-order valence-corrected chi connectivity index (χ0v) is 14.2. The number of anilines is 1. The molecule has 1 amide bonds. The Bertz CT molecular complexity index is 730. The van der Waals surface area contributed by atoms with Gasteiger partial charge >= 0.3 is 5.97 Å². The third-order valence-electron chi connectivity index (χ3n) is 3.63. The molecule has 1 aromatic carbocycles. The number of furan rings is 1. The summed E-state index contributed by atoms with van der Waals surface area (Å²) in [5.41, 5.74) is 1.21. The Kier molecular flexibility index (Phi) is 5.28. The second-order valence-corrected chi connectivity index (χ2v) is 5.81. The Morgan fingerprint density at radius 2 is 1.88 bits per heavy atom. The molecule has 0 aliphatic heterocycles. The van der Waals surface area contributed by atoms with E-state index in [0.29, 0.717) is 22.8 Å². The minimum Gasteiger partial charge on any atom is -0.482 e. The summed E-state index contributed by atoms with van der Waals surface area (Å²) in [6.07, 6.45) is 0. The molecule has 6 heteroatoms. The van der Waals surface area contributed by atoms with Crippen LogP contribution in [0.3, 0.4) is 0 Å². The van der Waals surface area contributed by atoms with E-state index in [0.717, 1.165) is 5.76 Å². The van der Waals surface area contributed by atoms with Crippen molar-refractivity contribution >= 4 is 17.6 Å². The first-order valence-corrected chi connectivity index (χ1v) is 7.62. The van der Waals surface area contributed by atoms with E-state index in [9.17, 15) is 9.59 Å². The monoisotopic (exact) mass is 331 g/mol. The van der Waals surface area contributed by atoms with Gasteiger partial charge in [-0.2, -0.15) is 0 Å². The van der Waals surface area contributed by atoms with E-state index in [1.54, 1.807) is 44.3 Å². The molecule has 0 aliphatic rings. The fourth-order valence-corrected chi connectivity index (χ4v) is 2.21. The molecule has 0 radical (unpaired) electrons. The topological polar surface area (TPSA) is 80.0 Å². The smallest absolute Gasteiger partial charge is 0.341 e. The average Bonchev–Trinajstić information content (AvgIpc) is 2.94. The number of rotatable bonds is 6. The van der Waals surface area contributed by atoms with Crippen molar-refractivity contribution in [3.05, 3.63) is 47.4 Å². The zero-order chi connectivity index (χ0) is 17.9. The number of carbonyl (C=O) groups excluding carboxylic acids is 1. The largest absolute Gasteiger partial charge is 0.482 e. The van der Waals surface area contributed by atoms with Crippen LogP contribution in [0.5, 0.6) is 5.75 Å². The molecule has 0 unspecified atom stereocenters. The number of aryl methyl sites for hydroxylation is 1. The van der Waals surface area contributed by atoms with Crippen molar-refractivity contribution in [1.82, 2.24) is 0 Å². The molecule has 0 bridgehead atoms. The highest BCUT2D eigenvalue weighted by molar-refractivity contribution is 6.06. The van der Waals surface area contributed by atoms with Crippen LogP contribution in [-0.2, 0) is 4.79 Å². The first-order chi connectivity index (χ1) is 11.3. The van der Waals surface area contributed by atoms with Crippen LogP contribution < -0.4 is 9.64 Å². The van der Waals surface area contributed by atoms with Gasteiger partial charge in [0.15, 0.2) is 6.61 Å². The Morgan fingerprint density at radius 3 is 2.38 bits per heavy atom. The Hall–Kier alpha value is -2.76. The van der Waals surface area contributed by atoms with Crippen LogP contribution in [0.15, 0.2) is 34.7 Å². The summed E-state index contributed by atoms with van der Waals surface area (Å²) in [5.74, 6) is 0.813. The van der Waals surface area contributed by atoms with Gasteiger partial charge in [0.1, 0.15) is 17.3 Å². The maximum absolute atomic E-state index is 12.7. The van der Waals surface area contributed by atoms with Gasteiger partial charge in [-0.05, 0) is 37.3 Å². The lowest BCUT2D eigenvalue weighted by atomic mass is 10.1. The number of nitrogens with zero attached hydrogens (tertiary/aromatic N) is 1. The number of ether oxygens (including phenoxy) is 1. The molecule has 1 aromatic heterocycles. The van der Waals surface area contributed by atoms with Crippen LogP contribution in [0.4, 0.5) is 5.69 Å². The van der Waals surface area contributed by atoms with Crippen molar-refractivity contribution in [2.45, 2.75) is 26.7 Å². The van der Waals surface area contributed by atoms with Crippen molar-refractivity contribution in [3.63, 3.8) is 0 Å². The second kappa shape index (κ2) is 7.21. The highest BCUT2D eigenvalue weighted by atomic mass is 16.5. The SMILES string of the molecule is Cc1oc(C(C)C)cc1C(=O)N(C)c1ccc(OCC(=O)O)cc1. The van der Waals surface area contributed by atoms with Crippen molar-refractivity contribution in [1.29, 1.82) is 0 Å². The number of benzene rings is 1. The normalized spacial score (nSPS) is 10.7. The van der Waals surface area contributed by atoms with Crippen LogP contribution in [0.2, 0.25) is 0 Å². The standard InChI is InChI=1S/C18H21NO5/c1-11(2)16-9-15(12(3)24-16)18(22)19(4)13-5-7-14(8-6-13)23-10-17(20)21/h5-9,11H,10H2,1-4H3,(H,20,21). The molecule has 0 saturated carbocycles. The molecule has 128 valence electrons.